The number of rotatable bonds is 7. The number of piperidine rings is 1. The fraction of sp³-hybridized carbons (Fsp3) is 0.318. The largest absolute Gasteiger partial charge is 0.481 e. The first kappa shape index (κ1) is 21.9. The van der Waals surface area contributed by atoms with Crippen molar-refractivity contribution in [2.24, 2.45) is 0 Å². The van der Waals surface area contributed by atoms with Gasteiger partial charge in [-0.05, 0) is 30.5 Å². The van der Waals surface area contributed by atoms with E-state index in [4.69, 9.17) is 5.11 Å². The van der Waals surface area contributed by atoms with Crippen LogP contribution in [-0.4, -0.2) is 63.0 Å². The quantitative estimate of drug-likeness (QED) is 0.608. The minimum atomic E-state index is -1.54. The van der Waals surface area contributed by atoms with Crippen LogP contribution in [0.4, 0.5) is 0 Å². The summed E-state index contributed by atoms with van der Waals surface area (Å²) in [5, 5.41) is 20.7. The van der Waals surface area contributed by atoms with Crippen LogP contribution in [0.1, 0.15) is 35.2 Å². The smallest absolute Gasteiger partial charge is 0.326 e. The first-order valence-corrected chi connectivity index (χ1v) is 9.84. The van der Waals surface area contributed by atoms with Gasteiger partial charge in [-0.3, -0.25) is 19.4 Å². The molecule has 3 rings (SSSR count). The molecule has 2 aromatic rings. The van der Waals surface area contributed by atoms with Crippen molar-refractivity contribution in [3.8, 4) is 0 Å². The molecular weight excluding hydrogens is 402 g/mol. The predicted octanol–water partition coefficient (Wildman–Crippen LogP) is 1.30. The molecule has 1 atom stereocenters. The normalized spacial score (nSPS) is 16.2. The number of carboxylic acid groups (broad SMARTS) is 2. The van der Waals surface area contributed by atoms with Crippen molar-refractivity contribution in [1.82, 2.24) is 15.2 Å². The molecule has 9 nitrogen and oxygen atoms in total. The highest BCUT2D eigenvalue weighted by molar-refractivity contribution is 5.95. The first-order chi connectivity index (χ1) is 14.8. The van der Waals surface area contributed by atoms with Crippen molar-refractivity contribution in [2.75, 3.05) is 13.1 Å². The van der Waals surface area contributed by atoms with Gasteiger partial charge < -0.3 is 20.4 Å². The topological polar surface area (TPSA) is 137 Å². The van der Waals surface area contributed by atoms with E-state index >= 15 is 0 Å². The Morgan fingerprint density at radius 2 is 1.71 bits per heavy atom. The summed E-state index contributed by atoms with van der Waals surface area (Å²) in [6.07, 6.45) is 2.88. The lowest BCUT2D eigenvalue weighted by atomic mass is 9.71. The van der Waals surface area contributed by atoms with Crippen molar-refractivity contribution < 1.29 is 29.4 Å². The summed E-state index contributed by atoms with van der Waals surface area (Å²) in [5.41, 5.74) is 0.0751. The fourth-order valence-electron chi connectivity index (χ4n) is 3.84. The van der Waals surface area contributed by atoms with Gasteiger partial charge in [-0.25, -0.2) is 4.79 Å². The van der Waals surface area contributed by atoms with E-state index in [1.165, 1.54) is 6.20 Å². The first-order valence-electron chi connectivity index (χ1n) is 9.84. The molecule has 2 heterocycles. The standard InChI is InChI=1S/C22H23N3O6/c26-18(27)13-17(20(29)30)24-21(31)22(16-6-2-1-3-7-16)8-11-25(12-9-22)19(28)15-5-4-10-23-14-15/h1-7,10,14,17H,8-9,11-13H2,(H,24,31)(H,26,27)(H,29,30)/t17-/m0/s1. The maximum atomic E-state index is 13.3. The predicted molar refractivity (Wildman–Crippen MR) is 109 cm³/mol. The molecule has 1 aliphatic heterocycles. The summed E-state index contributed by atoms with van der Waals surface area (Å²) in [6.45, 7) is 0.569. The number of pyridine rings is 1. The van der Waals surface area contributed by atoms with E-state index in [1.54, 1.807) is 53.6 Å². The number of nitrogens with one attached hydrogen (secondary N) is 1. The van der Waals surface area contributed by atoms with Crippen molar-refractivity contribution in [1.29, 1.82) is 0 Å². The molecule has 3 N–H and O–H groups in total. The maximum absolute atomic E-state index is 13.3. The van der Waals surface area contributed by atoms with Gasteiger partial charge in [0.05, 0.1) is 17.4 Å². The van der Waals surface area contributed by atoms with E-state index in [9.17, 15) is 24.3 Å². The van der Waals surface area contributed by atoms with E-state index in [-0.39, 0.29) is 31.8 Å². The van der Waals surface area contributed by atoms with E-state index in [2.05, 4.69) is 10.3 Å². The number of aliphatic carboxylic acids is 2. The van der Waals surface area contributed by atoms with Gasteiger partial charge in [0, 0.05) is 25.5 Å². The highest BCUT2D eigenvalue weighted by Crippen LogP contribution is 2.36. The lowest BCUT2D eigenvalue weighted by Gasteiger charge is -2.41. The molecule has 1 aromatic carbocycles. The molecule has 31 heavy (non-hydrogen) atoms. The molecular formula is C22H23N3O6. The minimum Gasteiger partial charge on any atom is -0.481 e. The lowest BCUT2D eigenvalue weighted by molar-refractivity contribution is -0.148. The van der Waals surface area contributed by atoms with Crippen molar-refractivity contribution in [3.05, 3.63) is 66.0 Å². The number of carbonyl (C=O) groups is 4. The monoisotopic (exact) mass is 425 g/mol. The number of hydrogen-bond donors (Lipinski definition) is 3. The lowest BCUT2D eigenvalue weighted by Crippen LogP contribution is -2.56. The molecule has 0 radical (unpaired) electrons. The molecule has 0 unspecified atom stereocenters. The number of benzene rings is 1. The molecule has 1 aromatic heterocycles. The van der Waals surface area contributed by atoms with Crippen LogP contribution in [0, 0.1) is 0 Å². The zero-order chi connectivity index (χ0) is 22.4. The van der Waals surface area contributed by atoms with E-state index in [0.717, 1.165) is 0 Å². The Labute approximate surface area is 178 Å². The van der Waals surface area contributed by atoms with Crippen molar-refractivity contribution >= 4 is 23.8 Å². The molecule has 1 saturated heterocycles. The minimum absolute atomic E-state index is 0.190. The Bertz CT molecular complexity index is 956. The van der Waals surface area contributed by atoms with Crippen LogP contribution in [0.5, 0.6) is 0 Å². The van der Waals surface area contributed by atoms with Crippen LogP contribution in [0.3, 0.4) is 0 Å². The van der Waals surface area contributed by atoms with Gasteiger partial charge in [0.25, 0.3) is 5.91 Å². The van der Waals surface area contributed by atoms with E-state index < -0.39 is 35.7 Å². The average Bonchev–Trinajstić information content (AvgIpc) is 2.79. The van der Waals surface area contributed by atoms with Gasteiger partial charge in [0.15, 0.2) is 0 Å². The summed E-state index contributed by atoms with van der Waals surface area (Å²) in [4.78, 5) is 54.1. The SMILES string of the molecule is O=C(O)C[C@H](NC(=O)C1(c2ccccc2)CCN(C(=O)c2cccnc2)CC1)C(=O)O. The number of amides is 2. The van der Waals surface area contributed by atoms with E-state index in [0.29, 0.717) is 11.1 Å². The number of carbonyl (C=O) groups excluding carboxylic acids is 2. The van der Waals surface area contributed by atoms with Crippen LogP contribution in [-0.2, 0) is 19.8 Å². The van der Waals surface area contributed by atoms with Gasteiger partial charge in [0.2, 0.25) is 5.91 Å². The Hall–Kier alpha value is -3.75. The van der Waals surface area contributed by atoms with Crippen LogP contribution in [0.15, 0.2) is 54.9 Å². The fourth-order valence-corrected chi connectivity index (χ4v) is 3.84. The summed E-state index contributed by atoms with van der Waals surface area (Å²) in [7, 11) is 0. The number of hydrogen-bond acceptors (Lipinski definition) is 5. The average molecular weight is 425 g/mol. The van der Waals surface area contributed by atoms with Crippen molar-refractivity contribution in [2.45, 2.75) is 30.7 Å². The molecule has 0 saturated carbocycles. The van der Waals surface area contributed by atoms with Gasteiger partial charge in [-0.1, -0.05) is 30.3 Å². The molecule has 2 amide bonds. The summed E-state index contributed by atoms with van der Waals surface area (Å²) in [6, 6.07) is 10.7. The van der Waals surface area contributed by atoms with Crippen LogP contribution in [0.25, 0.3) is 0 Å². The molecule has 1 fully saturated rings. The Morgan fingerprint density at radius 1 is 1.03 bits per heavy atom. The number of carboxylic acids is 2. The Kier molecular flexibility index (Phi) is 6.64. The van der Waals surface area contributed by atoms with Gasteiger partial charge in [0.1, 0.15) is 6.04 Å². The van der Waals surface area contributed by atoms with Gasteiger partial charge in [-0.15, -0.1) is 0 Å². The number of likely N-dealkylation sites (tertiary alicyclic amines) is 1. The third kappa shape index (κ3) is 4.88. The third-order valence-corrected chi connectivity index (χ3v) is 5.56. The molecule has 0 aliphatic carbocycles. The Morgan fingerprint density at radius 3 is 2.26 bits per heavy atom. The molecule has 0 bridgehead atoms. The zero-order valence-electron chi connectivity index (χ0n) is 16.7. The second kappa shape index (κ2) is 9.38. The molecule has 162 valence electrons. The number of nitrogens with zero attached hydrogens (tertiary/aromatic N) is 2. The highest BCUT2D eigenvalue weighted by atomic mass is 16.4. The Balaban J connectivity index is 1.83. The van der Waals surface area contributed by atoms with Crippen LogP contribution < -0.4 is 5.32 Å². The molecule has 0 spiro atoms. The van der Waals surface area contributed by atoms with Gasteiger partial charge >= 0.3 is 11.9 Å². The second-order valence-electron chi connectivity index (χ2n) is 7.44. The van der Waals surface area contributed by atoms with Gasteiger partial charge in [-0.2, -0.15) is 0 Å². The third-order valence-electron chi connectivity index (χ3n) is 5.56. The molecule has 1 aliphatic rings. The maximum Gasteiger partial charge on any atom is 0.326 e. The van der Waals surface area contributed by atoms with Crippen molar-refractivity contribution in [3.63, 3.8) is 0 Å². The van der Waals surface area contributed by atoms with Crippen LogP contribution >= 0.6 is 0 Å². The second-order valence-corrected chi connectivity index (χ2v) is 7.44. The summed E-state index contributed by atoms with van der Waals surface area (Å²) < 4.78 is 0. The number of aromatic nitrogens is 1. The summed E-state index contributed by atoms with van der Waals surface area (Å²) >= 11 is 0. The highest BCUT2D eigenvalue weighted by Gasteiger charge is 2.45. The molecule has 9 heteroatoms. The van der Waals surface area contributed by atoms with Crippen LogP contribution in [0.2, 0.25) is 0 Å². The summed E-state index contributed by atoms with van der Waals surface area (Å²) in [5.74, 6) is -3.48. The zero-order valence-corrected chi connectivity index (χ0v) is 16.7. The van der Waals surface area contributed by atoms with E-state index in [1.807, 2.05) is 0 Å².